The van der Waals surface area contributed by atoms with Gasteiger partial charge in [-0.05, 0) is 38.2 Å². The summed E-state index contributed by atoms with van der Waals surface area (Å²) < 4.78 is 0. The van der Waals surface area contributed by atoms with Crippen molar-refractivity contribution in [3.63, 3.8) is 0 Å². The molecule has 5 nitrogen and oxygen atoms in total. The van der Waals surface area contributed by atoms with Crippen LogP contribution in [-0.4, -0.2) is 51.6 Å². The second-order valence-corrected chi connectivity index (χ2v) is 7.91. The first-order valence-electron chi connectivity index (χ1n) is 9.66. The van der Waals surface area contributed by atoms with Gasteiger partial charge in [-0.2, -0.15) is 5.10 Å². The van der Waals surface area contributed by atoms with Crippen molar-refractivity contribution in [1.29, 1.82) is 0 Å². The Balaban J connectivity index is 1.45. The average molecular weight is 352 g/mol. The summed E-state index contributed by atoms with van der Waals surface area (Å²) in [6, 6.07) is 11.0. The maximum atomic E-state index is 13.0. The van der Waals surface area contributed by atoms with E-state index in [1.807, 2.05) is 13.8 Å². The van der Waals surface area contributed by atoms with Gasteiger partial charge in [0.2, 0.25) is 5.91 Å². The summed E-state index contributed by atoms with van der Waals surface area (Å²) in [5, 5.41) is 7.23. The molecule has 1 aromatic carbocycles. The molecule has 3 saturated heterocycles. The van der Waals surface area contributed by atoms with E-state index >= 15 is 0 Å². The Morgan fingerprint density at radius 3 is 2.69 bits per heavy atom. The van der Waals surface area contributed by atoms with E-state index in [1.165, 1.54) is 12.0 Å². The monoisotopic (exact) mass is 352 g/mol. The van der Waals surface area contributed by atoms with Gasteiger partial charge in [0.05, 0.1) is 12.1 Å². The Morgan fingerprint density at radius 1 is 1.15 bits per heavy atom. The lowest BCUT2D eigenvalue weighted by atomic mass is 9.94. The van der Waals surface area contributed by atoms with Gasteiger partial charge in [-0.3, -0.25) is 14.8 Å². The van der Waals surface area contributed by atoms with Crippen LogP contribution in [-0.2, 0) is 17.8 Å². The van der Waals surface area contributed by atoms with Crippen LogP contribution in [0.1, 0.15) is 35.4 Å². The quantitative estimate of drug-likeness (QED) is 0.920. The third-order valence-electron chi connectivity index (χ3n) is 5.97. The summed E-state index contributed by atoms with van der Waals surface area (Å²) in [6.07, 6.45) is 2.84. The molecule has 4 heterocycles. The van der Waals surface area contributed by atoms with Crippen LogP contribution < -0.4 is 0 Å². The van der Waals surface area contributed by atoms with E-state index in [0.29, 0.717) is 18.4 Å². The van der Waals surface area contributed by atoms with Crippen molar-refractivity contribution < 1.29 is 4.79 Å². The van der Waals surface area contributed by atoms with Crippen molar-refractivity contribution in [2.45, 2.75) is 45.7 Å². The summed E-state index contributed by atoms with van der Waals surface area (Å²) in [7, 11) is 0. The van der Waals surface area contributed by atoms with Crippen LogP contribution in [0, 0.1) is 19.8 Å². The standard InChI is InChI=1S/C21H28N4O/c1-15-20(16(2)23-22-15)10-21(26)25-13-18-8-9-19(25)14-24(12-18)11-17-6-4-3-5-7-17/h3-7,18-19H,8-14H2,1-2H3,(H,22,23)/t18-,19+/m1/s1. The van der Waals surface area contributed by atoms with Crippen molar-refractivity contribution in [3.8, 4) is 0 Å². The molecule has 2 aromatic rings. The van der Waals surface area contributed by atoms with E-state index < -0.39 is 0 Å². The number of aromatic nitrogens is 2. The first kappa shape index (κ1) is 17.3. The Kier molecular flexibility index (Phi) is 4.81. The van der Waals surface area contributed by atoms with Gasteiger partial charge in [0.25, 0.3) is 0 Å². The molecule has 0 aliphatic carbocycles. The van der Waals surface area contributed by atoms with E-state index in [2.05, 4.69) is 50.3 Å². The molecule has 0 saturated carbocycles. The molecule has 1 aromatic heterocycles. The maximum absolute atomic E-state index is 13.0. The topological polar surface area (TPSA) is 52.2 Å². The molecule has 1 N–H and O–H groups in total. The molecule has 1 amide bonds. The first-order valence-corrected chi connectivity index (χ1v) is 9.66. The summed E-state index contributed by atoms with van der Waals surface area (Å²) in [4.78, 5) is 17.7. The van der Waals surface area contributed by atoms with E-state index in [4.69, 9.17) is 0 Å². The van der Waals surface area contributed by atoms with Crippen molar-refractivity contribution in [3.05, 3.63) is 52.8 Å². The largest absolute Gasteiger partial charge is 0.338 e. The third-order valence-corrected chi connectivity index (χ3v) is 5.97. The van der Waals surface area contributed by atoms with Gasteiger partial charge in [0, 0.05) is 43.5 Å². The molecule has 2 bridgehead atoms. The van der Waals surface area contributed by atoms with Crippen molar-refractivity contribution in [1.82, 2.24) is 20.0 Å². The Labute approximate surface area is 155 Å². The Hall–Kier alpha value is -2.14. The van der Waals surface area contributed by atoms with Gasteiger partial charge in [-0.15, -0.1) is 0 Å². The molecule has 0 radical (unpaired) electrons. The number of piperidine rings is 1. The summed E-state index contributed by atoms with van der Waals surface area (Å²) in [6.45, 7) is 7.95. The maximum Gasteiger partial charge on any atom is 0.227 e. The number of hydrogen-bond acceptors (Lipinski definition) is 3. The molecule has 0 unspecified atom stereocenters. The molecule has 26 heavy (non-hydrogen) atoms. The number of H-pyrrole nitrogens is 1. The molecular weight excluding hydrogens is 324 g/mol. The number of fused-ring (bicyclic) bond motifs is 4. The molecular formula is C21H28N4O. The highest BCUT2D eigenvalue weighted by Gasteiger charge is 2.37. The molecule has 3 aliphatic heterocycles. The van der Waals surface area contributed by atoms with Crippen molar-refractivity contribution in [2.75, 3.05) is 19.6 Å². The summed E-state index contributed by atoms with van der Waals surface area (Å²) in [5.74, 6) is 0.849. The second kappa shape index (κ2) is 7.23. The third kappa shape index (κ3) is 3.54. The van der Waals surface area contributed by atoms with E-state index in [1.54, 1.807) is 0 Å². The molecule has 0 spiro atoms. The zero-order valence-corrected chi connectivity index (χ0v) is 15.7. The van der Waals surface area contributed by atoms with E-state index in [0.717, 1.165) is 49.6 Å². The number of benzene rings is 1. The number of aromatic amines is 1. The molecule has 5 heteroatoms. The van der Waals surface area contributed by atoms with Gasteiger partial charge < -0.3 is 4.90 Å². The summed E-state index contributed by atoms with van der Waals surface area (Å²) >= 11 is 0. The zero-order chi connectivity index (χ0) is 18.1. The fourth-order valence-electron chi connectivity index (χ4n) is 4.54. The van der Waals surface area contributed by atoms with Gasteiger partial charge >= 0.3 is 0 Å². The molecule has 138 valence electrons. The van der Waals surface area contributed by atoms with E-state index in [9.17, 15) is 4.79 Å². The highest BCUT2D eigenvalue weighted by atomic mass is 16.2. The number of carbonyl (C=O) groups is 1. The summed E-state index contributed by atoms with van der Waals surface area (Å²) in [5.41, 5.74) is 4.38. The smallest absolute Gasteiger partial charge is 0.227 e. The van der Waals surface area contributed by atoms with Crippen molar-refractivity contribution in [2.24, 2.45) is 5.92 Å². The van der Waals surface area contributed by atoms with Gasteiger partial charge in [0.1, 0.15) is 0 Å². The van der Waals surface area contributed by atoms with Crippen LogP contribution in [0.25, 0.3) is 0 Å². The van der Waals surface area contributed by atoms with Gasteiger partial charge in [-0.1, -0.05) is 30.3 Å². The number of hydrogen-bond donors (Lipinski definition) is 1. The van der Waals surface area contributed by atoms with Gasteiger partial charge in [0.15, 0.2) is 0 Å². The molecule has 3 fully saturated rings. The number of aryl methyl sites for hydroxylation is 2. The van der Waals surface area contributed by atoms with Gasteiger partial charge in [-0.25, -0.2) is 0 Å². The minimum absolute atomic E-state index is 0.258. The number of nitrogens with zero attached hydrogens (tertiary/aromatic N) is 3. The lowest BCUT2D eigenvalue weighted by Gasteiger charge is -2.36. The van der Waals surface area contributed by atoms with Crippen LogP contribution in [0.5, 0.6) is 0 Å². The minimum Gasteiger partial charge on any atom is -0.338 e. The number of rotatable bonds is 4. The highest BCUT2D eigenvalue weighted by Crippen LogP contribution is 2.29. The Morgan fingerprint density at radius 2 is 1.96 bits per heavy atom. The fraction of sp³-hybridized carbons (Fsp3) is 0.524. The molecule has 5 rings (SSSR count). The lowest BCUT2D eigenvalue weighted by molar-refractivity contribution is -0.134. The van der Waals surface area contributed by atoms with Crippen molar-refractivity contribution >= 4 is 5.91 Å². The van der Waals surface area contributed by atoms with Crippen LogP contribution >= 0.6 is 0 Å². The average Bonchev–Trinajstić information content (AvgIpc) is 2.82. The Bertz CT molecular complexity index is 750. The second-order valence-electron chi connectivity index (χ2n) is 7.91. The number of nitrogens with one attached hydrogen (secondary N) is 1. The molecule has 3 aliphatic rings. The predicted octanol–water partition coefficient (Wildman–Crippen LogP) is 2.69. The number of amides is 1. The van der Waals surface area contributed by atoms with Crippen LogP contribution in [0.3, 0.4) is 0 Å². The SMILES string of the molecule is Cc1n[nH]c(C)c1CC(=O)N1C[C@@H]2CC[C@H]1CN(Cc1ccccc1)C2. The zero-order valence-electron chi connectivity index (χ0n) is 15.7. The lowest BCUT2D eigenvalue weighted by Crippen LogP contribution is -2.48. The highest BCUT2D eigenvalue weighted by molar-refractivity contribution is 5.79. The van der Waals surface area contributed by atoms with E-state index in [-0.39, 0.29) is 5.91 Å². The van der Waals surface area contributed by atoms with Crippen LogP contribution in [0.15, 0.2) is 30.3 Å². The predicted molar refractivity (Wildman–Crippen MR) is 102 cm³/mol. The normalized spacial score (nSPS) is 23.2. The van der Waals surface area contributed by atoms with Crippen LogP contribution in [0.2, 0.25) is 0 Å². The minimum atomic E-state index is 0.258. The molecule has 2 atom stereocenters. The fourth-order valence-corrected chi connectivity index (χ4v) is 4.54. The first-order chi connectivity index (χ1) is 12.6. The van der Waals surface area contributed by atoms with Crippen LogP contribution in [0.4, 0.5) is 0 Å². The number of carbonyl (C=O) groups excluding carboxylic acids is 1.